The van der Waals surface area contributed by atoms with Gasteiger partial charge in [0.1, 0.15) is 0 Å². The predicted molar refractivity (Wildman–Crippen MR) is 86.9 cm³/mol. The summed E-state index contributed by atoms with van der Waals surface area (Å²) in [7, 11) is -3.70. The minimum absolute atomic E-state index is 0.0809. The number of nitrogens with zero attached hydrogens (tertiary/aromatic N) is 1. The number of rotatable bonds is 2. The average Bonchev–Trinajstić information content (AvgIpc) is 2.31. The number of nitrogen functional groups attached to an aromatic ring is 1. The Morgan fingerprint density at radius 1 is 1.48 bits per heavy atom. The second kappa shape index (κ2) is 5.70. The van der Waals surface area contributed by atoms with E-state index in [0.29, 0.717) is 16.7 Å². The van der Waals surface area contributed by atoms with Gasteiger partial charge in [-0.25, -0.2) is 8.42 Å². The molecule has 0 bridgehead atoms. The van der Waals surface area contributed by atoms with Gasteiger partial charge in [0.2, 0.25) is 10.0 Å². The number of ether oxygens (including phenoxy) is 1. The van der Waals surface area contributed by atoms with Gasteiger partial charge in [-0.3, -0.25) is 0 Å². The molecule has 1 unspecified atom stereocenters. The van der Waals surface area contributed by atoms with Crippen molar-refractivity contribution in [2.24, 2.45) is 0 Å². The van der Waals surface area contributed by atoms with E-state index < -0.39 is 15.6 Å². The molecule has 0 amide bonds. The molecule has 1 aliphatic rings. The van der Waals surface area contributed by atoms with Crippen molar-refractivity contribution in [3.8, 4) is 0 Å². The van der Waals surface area contributed by atoms with Crippen LogP contribution in [0.15, 0.2) is 21.5 Å². The van der Waals surface area contributed by atoms with E-state index in [-0.39, 0.29) is 22.6 Å². The Bertz CT molecular complexity index is 664. The fourth-order valence-corrected chi connectivity index (χ4v) is 5.41. The lowest BCUT2D eigenvalue weighted by Crippen LogP contribution is -2.53. The van der Waals surface area contributed by atoms with Crippen LogP contribution in [-0.2, 0) is 14.8 Å². The third-order valence-electron chi connectivity index (χ3n) is 3.19. The molecule has 0 radical (unpaired) electrons. The Labute approximate surface area is 138 Å². The standard InChI is InChI=1S/C13H18BrClN2O3S/c1-8-6-17(7-13(2,3)20-8)21(18,19)11-5-9(15)4-10(16)12(11)14/h4-5,8H,6-7,16H2,1-3H3. The molecule has 118 valence electrons. The maximum Gasteiger partial charge on any atom is 0.244 e. The number of hydrogen-bond donors (Lipinski definition) is 1. The minimum atomic E-state index is -3.70. The van der Waals surface area contributed by atoms with Gasteiger partial charge in [0.05, 0.1) is 21.1 Å². The van der Waals surface area contributed by atoms with E-state index >= 15 is 0 Å². The molecule has 1 aromatic carbocycles. The monoisotopic (exact) mass is 396 g/mol. The summed E-state index contributed by atoms with van der Waals surface area (Å²) in [5.74, 6) is 0. The van der Waals surface area contributed by atoms with Crippen LogP contribution in [0.5, 0.6) is 0 Å². The Morgan fingerprint density at radius 2 is 2.10 bits per heavy atom. The molecule has 5 nitrogen and oxygen atoms in total. The first-order valence-corrected chi connectivity index (χ1v) is 9.06. The van der Waals surface area contributed by atoms with Crippen LogP contribution in [0.1, 0.15) is 20.8 Å². The van der Waals surface area contributed by atoms with Crippen LogP contribution in [0.3, 0.4) is 0 Å². The van der Waals surface area contributed by atoms with E-state index in [0.717, 1.165) is 0 Å². The fraction of sp³-hybridized carbons (Fsp3) is 0.538. The van der Waals surface area contributed by atoms with Gasteiger partial charge in [0, 0.05) is 23.8 Å². The third-order valence-corrected chi connectivity index (χ3v) is 6.39. The zero-order chi connectivity index (χ0) is 16.0. The van der Waals surface area contributed by atoms with Gasteiger partial charge in [-0.05, 0) is 48.8 Å². The molecule has 1 atom stereocenters. The van der Waals surface area contributed by atoms with E-state index in [1.807, 2.05) is 20.8 Å². The summed E-state index contributed by atoms with van der Waals surface area (Å²) in [4.78, 5) is 0.0809. The molecule has 0 aromatic heterocycles. The van der Waals surface area contributed by atoms with Crippen molar-refractivity contribution in [1.29, 1.82) is 0 Å². The second-order valence-electron chi connectivity index (χ2n) is 5.79. The fourth-order valence-electron chi connectivity index (χ4n) is 2.49. The molecule has 21 heavy (non-hydrogen) atoms. The lowest BCUT2D eigenvalue weighted by atomic mass is 10.1. The van der Waals surface area contributed by atoms with Gasteiger partial charge in [0.25, 0.3) is 0 Å². The van der Waals surface area contributed by atoms with Gasteiger partial charge < -0.3 is 10.5 Å². The molecule has 2 rings (SSSR count). The first-order chi connectivity index (χ1) is 9.53. The summed E-state index contributed by atoms with van der Waals surface area (Å²) >= 11 is 9.18. The summed E-state index contributed by atoms with van der Waals surface area (Å²) < 4.78 is 33.2. The van der Waals surface area contributed by atoms with Crippen molar-refractivity contribution >= 4 is 43.2 Å². The minimum Gasteiger partial charge on any atom is -0.398 e. The molecule has 0 aliphatic carbocycles. The number of nitrogens with two attached hydrogens (primary N) is 1. The van der Waals surface area contributed by atoms with Crippen LogP contribution in [0, 0.1) is 0 Å². The largest absolute Gasteiger partial charge is 0.398 e. The van der Waals surface area contributed by atoms with Crippen LogP contribution < -0.4 is 5.73 Å². The molecule has 1 heterocycles. The molecule has 1 saturated heterocycles. The summed E-state index contributed by atoms with van der Waals surface area (Å²) in [6, 6.07) is 2.92. The Morgan fingerprint density at radius 3 is 2.67 bits per heavy atom. The van der Waals surface area contributed by atoms with E-state index in [1.165, 1.54) is 16.4 Å². The van der Waals surface area contributed by atoms with E-state index in [9.17, 15) is 8.42 Å². The van der Waals surface area contributed by atoms with Crippen molar-refractivity contribution in [2.45, 2.75) is 37.4 Å². The van der Waals surface area contributed by atoms with Crippen LogP contribution >= 0.6 is 27.5 Å². The van der Waals surface area contributed by atoms with Crippen molar-refractivity contribution in [1.82, 2.24) is 4.31 Å². The van der Waals surface area contributed by atoms with Crippen molar-refractivity contribution in [3.05, 3.63) is 21.6 Å². The lowest BCUT2D eigenvalue weighted by Gasteiger charge is -2.41. The van der Waals surface area contributed by atoms with E-state index in [1.54, 1.807) is 0 Å². The average molecular weight is 398 g/mol. The number of morpholine rings is 1. The molecule has 1 aliphatic heterocycles. The van der Waals surface area contributed by atoms with Crippen LogP contribution in [0.4, 0.5) is 5.69 Å². The summed E-state index contributed by atoms with van der Waals surface area (Å²) in [5, 5.41) is 0.287. The summed E-state index contributed by atoms with van der Waals surface area (Å²) in [6.45, 7) is 6.16. The van der Waals surface area contributed by atoms with E-state index in [4.69, 9.17) is 22.1 Å². The van der Waals surface area contributed by atoms with Gasteiger partial charge in [0.15, 0.2) is 0 Å². The molecule has 1 aromatic rings. The molecule has 1 fully saturated rings. The highest BCUT2D eigenvalue weighted by Gasteiger charge is 2.38. The van der Waals surface area contributed by atoms with Crippen LogP contribution in [0.2, 0.25) is 5.02 Å². The lowest BCUT2D eigenvalue weighted by molar-refractivity contribution is -0.109. The zero-order valence-corrected chi connectivity index (χ0v) is 15.2. The molecule has 8 heteroatoms. The Kier molecular flexibility index (Phi) is 4.62. The molecular formula is C13H18BrClN2O3S. The highest BCUT2D eigenvalue weighted by atomic mass is 79.9. The molecule has 2 N–H and O–H groups in total. The smallest absolute Gasteiger partial charge is 0.244 e. The van der Waals surface area contributed by atoms with Crippen molar-refractivity contribution in [2.75, 3.05) is 18.8 Å². The maximum absolute atomic E-state index is 12.9. The molecular weight excluding hydrogens is 380 g/mol. The third kappa shape index (κ3) is 3.53. The number of sulfonamides is 1. The maximum atomic E-state index is 12.9. The summed E-state index contributed by atoms with van der Waals surface area (Å²) in [6.07, 6.45) is -0.182. The highest BCUT2D eigenvalue weighted by Crippen LogP contribution is 2.35. The van der Waals surface area contributed by atoms with Crippen LogP contribution in [-0.4, -0.2) is 37.5 Å². The van der Waals surface area contributed by atoms with Crippen molar-refractivity contribution < 1.29 is 13.2 Å². The number of hydrogen-bond acceptors (Lipinski definition) is 4. The second-order valence-corrected chi connectivity index (χ2v) is 8.93. The van der Waals surface area contributed by atoms with Gasteiger partial charge in [-0.2, -0.15) is 4.31 Å². The molecule has 0 saturated carbocycles. The first kappa shape index (κ1) is 17.0. The van der Waals surface area contributed by atoms with Crippen molar-refractivity contribution in [3.63, 3.8) is 0 Å². The predicted octanol–water partition coefficient (Wildman–Crippen LogP) is 2.87. The topological polar surface area (TPSA) is 72.6 Å². The molecule has 0 spiro atoms. The quantitative estimate of drug-likeness (QED) is 0.779. The number of benzene rings is 1. The normalized spacial score (nSPS) is 23.2. The van der Waals surface area contributed by atoms with E-state index in [2.05, 4.69) is 15.9 Å². The SMILES string of the molecule is CC1CN(S(=O)(=O)c2cc(Cl)cc(N)c2Br)CC(C)(C)O1. The Balaban J connectivity index is 2.48. The first-order valence-electron chi connectivity index (χ1n) is 6.45. The zero-order valence-electron chi connectivity index (χ0n) is 12.1. The highest BCUT2D eigenvalue weighted by molar-refractivity contribution is 9.10. The van der Waals surface area contributed by atoms with Gasteiger partial charge in [-0.15, -0.1) is 0 Å². The van der Waals surface area contributed by atoms with Crippen LogP contribution in [0.25, 0.3) is 0 Å². The van der Waals surface area contributed by atoms with Gasteiger partial charge in [-0.1, -0.05) is 11.6 Å². The Hall–Kier alpha value is -0.340. The number of halogens is 2. The summed E-state index contributed by atoms with van der Waals surface area (Å²) in [5.41, 5.74) is 5.54. The number of anilines is 1. The van der Waals surface area contributed by atoms with Gasteiger partial charge >= 0.3 is 0 Å².